The normalized spacial score (nSPS) is 12.7. The average molecular weight is 338 g/mol. The van der Waals surface area contributed by atoms with Crippen LogP contribution in [0.3, 0.4) is 0 Å². The van der Waals surface area contributed by atoms with Crippen LogP contribution in [0.2, 0.25) is 0 Å². The molecule has 0 atom stereocenters. The molecule has 5 heteroatoms. The summed E-state index contributed by atoms with van der Waals surface area (Å²) in [6, 6.07) is 5.69. The molecule has 2 rings (SSSR count). The molecular weight excluding hydrogens is 318 g/mol. The Balaban J connectivity index is 2.54. The number of anilines is 2. The van der Waals surface area contributed by atoms with Gasteiger partial charge < -0.3 is 16.2 Å². The highest BCUT2D eigenvalue weighted by atomic mass is 79.9. The second-order valence-corrected chi connectivity index (χ2v) is 6.98. The number of rotatable bonds is 3. The maximum atomic E-state index is 10.3. The molecule has 1 heterocycles. The van der Waals surface area contributed by atoms with Crippen LogP contribution >= 0.6 is 15.9 Å². The maximum Gasteiger partial charge on any atom is 0.0954 e. The minimum Gasteiger partial charge on any atom is -0.398 e. The van der Waals surface area contributed by atoms with Gasteiger partial charge in [-0.3, -0.25) is 4.98 Å². The smallest absolute Gasteiger partial charge is 0.0954 e. The zero-order valence-corrected chi connectivity index (χ0v) is 13.7. The van der Waals surface area contributed by atoms with Crippen molar-refractivity contribution in [2.75, 3.05) is 11.1 Å². The van der Waals surface area contributed by atoms with Crippen molar-refractivity contribution >= 4 is 38.2 Å². The zero-order chi connectivity index (χ0) is 15.1. The van der Waals surface area contributed by atoms with Crippen molar-refractivity contribution in [3.05, 3.63) is 28.9 Å². The van der Waals surface area contributed by atoms with Crippen molar-refractivity contribution in [2.45, 2.75) is 38.8 Å². The number of hydrogen-bond donors (Lipinski definition) is 3. The molecule has 2 aromatic rings. The quantitative estimate of drug-likeness (QED) is 0.749. The lowest BCUT2D eigenvalue weighted by Crippen LogP contribution is -2.51. The lowest BCUT2D eigenvalue weighted by molar-refractivity contribution is 0.0241. The molecule has 0 amide bonds. The van der Waals surface area contributed by atoms with E-state index >= 15 is 0 Å². The van der Waals surface area contributed by atoms with E-state index in [2.05, 4.69) is 26.2 Å². The summed E-state index contributed by atoms with van der Waals surface area (Å²) in [6.07, 6.45) is 1.74. The molecule has 4 N–H and O–H groups in total. The maximum absolute atomic E-state index is 10.3. The summed E-state index contributed by atoms with van der Waals surface area (Å²) in [6.45, 7) is 7.47. The van der Waals surface area contributed by atoms with Crippen LogP contribution in [-0.2, 0) is 0 Å². The number of nitrogens with zero attached hydrogens (tertiary/aromatic N) is 1. The Bertz CT molecular complexity index is 647. The van der Waals surface area contributed by atoms with Crippen molar-refractivity contribution in [1.29, 1.82) is 0 Å². The predicted octanol–water partition coefficient (Wildman–Crippen LogP) is 3.54. The third-order valence-corrected chi connectivity index (χ3v) is 4.26. The van der Waals surface area contributed by atoms with Gasteiger partial charge in [-0.15, -0.1) is 0 Å². The summed E-state index contributed by atoms with van der Waals surface area (Å²) in [5, 5.41) is 14.5. The molecule has 0 aliphatic carbocycles. The Hall–Kier alpha value is -1.33. The number of benzene rings is 1. The van der Waals surface area contributed by atoms with Gasteiger partial charge in [0.05, 0.1) is 22.3 Å². The number of aromatic nitrogens is 1. The van der Waals surface area contributed by atoms with Crippen LogP contribution in [0.4, 0.5) is 11.4 Å². The van der Waals surface area contributed by atoms with Crippen LogP contribution in [0.1, 0.15) is 27.7 Å². The summed E-state index contributed by atoms with van der Waals surface area (Å²) in [5.74, 6) is 0. The molecule has 20 heavy (non-hydrogen) atoms. The first-order valence-corrected chi connectivity index (χ1v) is 7.25. The Labute approximate surface area is 127 Å². The fourth-order valence-corrected chi connectivity index (χ4v) is 2.14. The molecule has 0 unspecified atom stereocenters. The van der Waals surface area contributed by atoms with Gasteiger partial charge >= 0.3 is 0 Å². The molecule has 0 aliphatic rings. The molecule has 1 aromatic carbocycles. The topological polar surface area (TPSA) is 71.2 Å². The van der Waals surface area contributed by atoms with E-state index in [1.165, 1.54) is 0 Å². The number of nitrogens with one attached hydrogen (secondary N) is 1. The molecule has 0 aliphatic heterocycles. The third-order valence-electron chi connectivity index (χ3n) is 3.83. The van der Waals surface area contributed by atoms with E-state index in [1.54, 1.807) is 20.0 Å². The number of pyridine rings is 1. The van der Waals surface area contributed by atoms with Gasteiger partial charge in [-0.05, 0) is 61.8 Å². The molecule has 0 saturated carbocycles. The zero-order valence-electron chi connectivity index (χ0n) is 12.2. The minimum absolute atomic E-state index is 0.509. The Morgan fingerprint density at radius 3 is 2.50 bits per heavy atom. The second kappa shape index (κ2) is 4.90. The fourth-order valence-electron chi connectivity index (χ4n) is 1.81. The van der Waals surface area contributed by atoms with Gasteiger partial charge in [-0.1, -0.05) is 0 Å². The summed E-state index contributed by atoms with van der Waals surface area (Å²) in [5.41, 5.74) is 6.95. The first-order valence-electron chi connectivity index (χ1n) is 6.46. The van der Waals surface area contributed by atoms with Gasteiger partial charge in [-0.2, -0.15) is 0 Å². The van der Waals surface area contributed by atoms with E-state index in [1.807, 2.05) is 32.0 Å². The molecule has 0 bridgehead atoms. The number of nitrogens with two attached hydrogens (primary N) is 1. The Kier molecular flexibility index (Phi) is 3.69. The highest BCUT2D eigenvalue weighted by Gasteiger charge is 2.35. The number of fused-ring (bicyclic) bond motifs is 1. The van der Waals surface area contributed by atoms with Gasteiger partial charge in [0.2, 0.25) is 0 Å². The number of nitrogen functional groups attached to an aromatic ring is 1. The lowest BCUT2D eigenvalue weighted by atomic mass is 9.85. The summed E-state index contributed by atoms with van der Waals surface area (Å²) >= 11 is 3.41. The van der Waals surface area contributed by atoms with Crippen molar-refractivity contribution in [3.63, 3.8) is 0 Å². The highest BCUT2D eigenvalue weighted by Crippen LogP contribution is 2.33. The number of halogens is 1. The summed E-state index contributed by atoms with van der Waals surface area (Å²) < 4.78 is 0.885. The largest absolute Gasteiger partial charge is 0.398 e. The number of hydrogen-bond acceptors (Lipinski definition) is 4. The van der Waals surface area contributed by atoms with Crippen LogP contribution in [-0.4, -0.2) is 21.2 Å². The molecule has 0 spiro atoms. The van der Waals surface area contributed by atoms with Crippen LogP contribution in [0, 0.1) is 0 Å². The van der Waals surface area contributed by atoms with Crippen molar-refractivity contribution in [1.82, 2.24) is 4.98 Å². The minimum atomic E-state index is -0.879. The average Bonchev–Trinajstić information content (AvgIpc) is 2.31. The Morgan fingerprint density at radius 2 is 1.90 bits per heavy atom. The number of aliphatic hydroxyl groups is 1. The van der Waals surface area contributed by atoms with Crippen LogP contribution in [0.5, 0.6) is 0 Å². The molecule has 1 aromatic heterocycles. The standard InChI is InChI=1S/C15H20BrN3O/c1-14(2,15(3,4)20)19-12-6-5-11(17)10-7-9(16)8-18-13(10)12/h5-8,19-20H,17H2,1-4H3. The fraction of sp³-hybridized carbons (Fsp3) is 0.400. The lowest BCUT2D eigenvalue weighted by Gasteiger charge is -2.39. The first-order chi connectivity index (χ1) is 9.12. The van der Waals surface area contributed by atoms with Crippen LogP contribution in [0.25, 0.3) is 10.9 Å². The molecule has 0 radical (unpaired) electrons. The molecule has 108 valence electrons. The van der Waals surface area contributed by atoms with E-state index in [0.717, 1.165) is 21.1 Å². The predicted molar refractivity (Wildman–Crippen MR) is 87.9 cm³/mol. The van der Waals surface area contributed by atoms with Crippen LogP contribution in [0.15, 0.2) is 28.9 Å². The van der Waals surface area contributed by atoms with E-state index in [-0.39, 0.29) is 0 Å². The van der Waals surface area contributed by atoms with E-state index in [0.29, 0.717) is 5.69 Å². The molecule has 4 nitrogen and oxygen atoms in total. The summed E-state index contributed by atoms with van der Waals surface area (Å²) in [4.78, 5) is 4.44. The van der Waals surface area contributed by atoms with Gasteiger partial charge in [0.15, 0.2) is 0 Å². The van der Waals surface area contributed by atoms with Crippen molar-refractivity contribution in [2.24, 2.45) is 0 Å². The summed E-state index contributed by atoms with van der Waals surface area (Å²) in [7, 11) is 0. The van der Waals surface area contributed by atoms with Gasteiger partial charge in [-0.25, -0.2) is 0 Å². The molecular formula is C15H20BrN3O. The third kappa shape index (κ3) is 2.74. The monoisotopic (exact) mass is 337 g/mol. The Morgan fingerprint density at radius 1 is 1.25 bits per heavy atom. The molecule has 0 saturated heterocycles. The van der Waals surface area contributed by atoms with Crippen molar-refractivity contribution in [3.8, 4) is 0 Å². The van der Waals surface area contributed by atoms with Gasteiger partial charge in [0.25, 0.3) is 0 Å². The van der Waals surface area contributed by atoms with Crippen molar-refractivity contribution < 1.29 is 5.11 Å². The molecule has 0 fully saturated rings. The second-order valence-electron chi connectivity index (χ2n) is 6.06. The first kappa shape index (κ1) is 15.1. The SMILES string of the molecule is CC(C)(O)C(C)(C)Nc1ccc(N)c2cc(Br)cnc12. The van der Waals surface area contributed by atoms with E-state index in [9.17, 15) is 5.11 Å². The van der Waals surface area contributed by atoms with E-state index in [4.69, 9.17) is 5.73 Å². The highest BCUT2D eigenvalue weighted by molar-refractivity contribution is 9.10. The van der Waals surface area contributed by atoms with Gasteiger partial charge in [0, 0.05) is 21.7 Å². The van der Waals surface area contributed by atoms with E-state index < -0.39 is 11.1 Å². The van der Waals surface area contributed by atoms with Gasteiger partial charge in [0.1, 0.15) is 0 Å². The van der Waals surface area contributed by atoms with Crippen LogP contribution < -0.4 is 11.1 Å².